The highest BCUT2D eigenvalue weighted by Crippen LogP contribution is 2.09. The van der Waals surface area contributed by atoms with E-state index >= 15 is 0 Å². The van der Waals surface area contributed by atoms with Crippen LogP contribution in [0.3, 0.4) is 0 Å². The molecular formula is C14H10NO2. The summed E-state index contributed by atoms with van der Waals surface area (Å²) in [7, 11) is 0. The van der Waals surface area contributed by atoms with Crippen molar-refractivity contribution in [1.82, 2.24) is 0 Å². The van der Waals surface area contributed by atoms with Crippen LogP contribution < -0.4 is 4.84 Å². The van der Waals surface area contributed by atoms with E-state index in [0.717, 1.165) is 0 Å². The van der Waals surface area contributed by atoms with Gasteiger partial charge < -0.3 is 4.84 Å². The van der Waals surface area contributed by atoms with Gasteiger partial charge in [0.25, 0.3) is 6.29 Å². The zero-order valence-corrected chi connectivity index (χ0v) is 9.04. The standard InChI is InChI=1S/C14H10NO2/c16-11-14(12-7-3-1-4-8-12)15-17-13-9-5-2-6-10-13/h1-10H/b15-14-. The second-order valence-electron chi connectivity index (χ2n) is 3.31. The Bertz CT molecular complexity index is 506. The molecule has 2 aromatic rings. The van der Waals surface area contributed by atoms with Gasteiger partial charge in [0.05, 0.1) is 0 Å². The van der Waals surface area contributed by atoms with Crippen LogP contribution >= 0.6 is 0 Å². The summed E-state index contributed by atoms with van der Waals surface area (Å²) in [6.07, 6.45) is 1.76. The molecule has 0 aliphatic carbocycles. The summed E-state index contributed by atoms with van der Waals surface area (Å²) in [5.74, 6) is 0.580. The zero-order valence-electron chi connectivity index (χ0n) is 9.04. The maximum absolute atomic E-state index is 10.8. The Kier molecular flexibility index (Phi) is 3.65. The first-order valence-corrected chi connectivity index (χ1v) is 5.14. The minimum absolute atomic E-state index is 0.148. The average Bonchev–Trinajstić information content (AvgIpc) is 2.42. The SMILES string of the molecule is O=[C]/C(=N/Oc1ccccc1)c1ccccc1. The van der Waals surface area contributed by atoms with Crippen molar-refractivity contribution in [3.63, 3.8) is 0 Å². The van der Waals surface area contributed by atoms with E-state index < -0.39 is 0 Å². The Hall–Kier alpha value is -2.42. The smallest absolute Gasteiger partial charge is 0.257 e. The maximum Gasteiger partial charge on any atom is 0.257 e. The summed E-state index contributed by atoms with van der Waals surface area (Å²) in [6, 6.07) is 18.1. The molecule has 0 bridgehead atoms. The van der Waals surface area contributed by atoms with Crippen LogP contribution in [0, 0.1) is 0 Å². The van der Waals surface area contributed by atoms with Crippen molar-refractivity contribution >= 4 is 12.0 Å². The molecule has 0 heterocycles. The lowest BCUT2D eigenvalue weighted by atomic mass is 10.1. The van der Waals surface area contributed by atoms with Crippen LogP contribution in [0.1, 0.15) is 5.56 Å². The molecule has 17 heavy (non-hydrogen) atoms. The molecule has 0 aliphatic rings. The fraction of sp³-hybridized carbons (Fsp3) is 0. The first-order chi connectivity index (χ1) is 8.40. The van der Waals surface area contributed by atoms with Crippen molar-refractivity contribution in [2.75, 3.05) is 0 Å². The van der Waals surface area contributed by atoms with Gasteiger partial charge in [-0.25, -0.2) is 0 Å². The van der Waals surface area contributed by atoms with Gasteiger partial charge in [-0.2, -0.15) is 0 Å². The summed E-state index contributed by atoms with van der Waals surface area (Å²) in [5, 5.41) is 3.78. The molecule has 0 saturated heterocycles. The molecule has 0 aromatic heterocycles. The number of rotatable bonds is 4. The lowest BCUT2D eigenvalue weighted by Crippen LogP contribution is -2.04. The van der Waals surface area contributed by atoms with E-state index in [1.165, 1.54) is 0 Å². The number of para-hydroxylation sites is 1. The van der Waals surface area contributed by atoms with Crippen LogP contribution in [0.25, 0.3) is 0 Å². The summed E-state index contributed by atoms with van der Waals surface area (Å²) in [4.78, 5) is 15.9. The molecule has 0 N–H and O–H groups in total. The second kappa shape index (κ2) is 5.61. The third-order valence-corrected chi connectivity index (χ3v) is 2.13. The molecule has 0 aliphatic heterocycles. The second-order valence-corrected chi connectivity index (χ2v) is 3.31. The van der Waals surface area contributed by atoms with Gasteiger partial charge in [-0.1, -0.05) is 53.7 Å². The van der Waals surface area contributed by atoms with E-state index in [1.54, 1.807) is 30.6 Å². The van der Waals surface area contributed by atoms with Gasteiger partial charge in [-0.05, 0) is 12.1 Å². The highest BCUT2D eigenvalue weighted by molar-refractivity contribution is 6.36. The van der Waals surface area contributed by atoms with E-state index in [4.69, 9.17) is 4.84 Å². The van der Waals surface area contributed by atoms with E-state index in [1.807, 2.05) is 36.4 Å². The third-order valence-electron chi connectivity index (χ3n) is 2.13. The minimum atomic E-state index is 0.148. The van der Waals surface area contributed by atoms with Crippen molar-refractivity contribution in [3.05, 3.63) is 66.2 Å². The first kappa shape index (κ1) is 11.1. The predicted molar refractivity (Wildman–Crippen MR) is 65.7 cm³/mol. The Morgan fingerprint density at radius 3 is 2.12 bits per heavy atom. The summed E-state index contributed by atoms with van der Waals surface area (Å²) >= 11 is 0. The minimum Gasteiger partial charge on any atom is -0.356 e. The largest absolute Gasteiger partial charge is 0.356 e. The molecule has 0 saturated carbocycles. The summed E-state index contributed by atoms with van der Waals surface area (Å²) < 4.78 is 0. The molecule has 0 unspecified atom stereocenters. The first-order valence-electron chi connectivity index (χ1n) is 5.14. The van der Waals surface area contributed by atoms with E-state index in [0.29, 0.717) is 11.3 Å². The molecule has 3 heteroatoms. The quantitative estimate of drug-likeness (QED) is 0.591. The molecule has 3 nitrogen and oxygen atoms in total. The molecule has 0 amide bonds. The van der Waals surface area contributed by atoms with Gasteiger partial charge in [-0.3, -0.25) is 4.79 Å². The molecule has 2 rings (SSSR count). The highest BCUT2D eigenvalue weighted by atomic mass is 16.6. The number of benzene rings is 2. The van der Waals surface area contributed by atoms with Gasteiger partial charge in [0.2, 0.25) is 0 Å². The van der Waals surface area contributed by atoms with Gasteiger partial charge >= 0.3 is 0 Å². The number of oxime groups is 1. The Labute approximate surface area is 99.3 Å². The Balaban J connectivity index is 2.17. The fourth-order valence-electron chi connectivity index (χ4n) is 1.31. The van der Waals surface area contributed by atoms with Crippen LogP contribution in [-0.4, -0.2) is 12.0 Å². The monoisotopic (exact) mass is 224 g/mol. The van der Waals surface area contributed by atoms with Crippen molar-refractivity contribution in [2.45, 2.75) is 0 Å². The summed E-state index contributed by atoms with van der Waals surface area (Å²) in [6.45, 7) is 0. The van der Waals surface area contributed by atoms with Gasteiger partial charge in [-0.15, -0.1) is 0 Å². The molecule has 0 atom stereocenters. The van der Waals surface area contributed by atoms with Crippen molar-refractivity contribution in [1.29, 1.82) is 0 Å². The number of carbonyl (C=O) groups excluding carboxylic acids is 1. The number of hydrogen-bond acceptors (Lipinski definition) is 3. The van der Waals surface area contributed by atoms with E-state index in [2.05, 4.69) is 5.16 Å². The maximum atomic E-state index is 10.8. The number of nitrogens with zero attached hydrogens (tertiary/aromatic N) is 1. The molecule has 0 spiro atoms. The lowest BCUT2D eigenvalue weighted by molar-refractivity contribution is 0.342. The fourth-order valence-corrected chi connectivity index (χ4v) is 1.31. The zero-order chi connectivity index (χ0) is 11.9. The van der Waals surface area contributed by atoms with Crippen LogP contribution in [0.5, 0.6) is 5.75 Å². The lowest BCUT2D eigenvalue weighted by Gasteiger charge is -1.99. The van der Waals surface area contributed by atoms with Crippen LogP contribution in [0.4, 0.5) is 0 Å². The average molecular weight is 224 g/mol. The highest BCUT2D eigenvalue weighted by Gasteiger charge is 2.03. The van der Waals surface area contributed by atoms with Gasteiger partial charge in [0.15, 0.2) is 11.5 Å². The van der Waals surface area contributed by atoms with Crippen LogP contribution in [0.15, 0.2) is 65.8 Å². The molecular weight excluding hydrogens is 214 g/mol. The Morgan fingerprint density at radius 1 is 0.941 bits per heavy atom. The normalized spacial score (nSPS) is 10.9. The van der Waals surface area contributed by atoms with Crippen LogP contribution in [-0.2, 0) is 4.79 Å². The van der Waals surface area contributed by atoms with Gasteiger partial charge in [0, 0.05) is 5.56 Å². The topological polar surface area (TPSA) is 38.7 Å². The third kappa shape index (κ3) is 3.01. The van der Waals surface area contributed by atoms with Crippen molar-refractivity contribution in [3.8, 4) is 5.75 Å². The Morgan fingerprint density at radius 2 is 1.53 bits per heavy atom. The summed E-state index contributed by atoms with van der Waals surface area (Å²) in [5.41, 5.74) is 0.827. The number of hydrogen-bond donors (Lipinski definition) is 0. The molecule has 2 aromatic carbocycles. The molecule has 1 radical (unpaired) electrons. The van der Waals surface area contributed by atoms with E-state index in [-0.39, 0.29) is 5.71 Å². The predicted octanol–water partition coefficient (Wildman–Crippen LogP) is 2.58. The van der Waals surface area contributed by atoms with E-state index in [9.17, 15) is 4.79 Å². The van der Waals surface area contributed by atoms with Gasteiger partial charge in [0.1, 0.15) is 0 Å². The van der Waals surface area contributed by atoms with Crippen molar-refractivity contribution < 1.29 is 9.63 Å². The van der Waals surface area contributed by atoms with Crippen molar-refractivity contribution in [2.24, 2.45) is 5.16 Å². The molecule has 0 fully saturated rings. The molecule has 83 valence electrons. The van der Waals surface area contributed by atoms with Crippen LogP contribution in [0.2, 0.25) is 0 Å².